The normalized spacial score (nSPS) is 15.2. The van der Waals surface area contributed by atoms with Crippen molar-refractivity contribution in [2.45, 2.75) is 58.8 Å². The summed E-state index contributed by atoms with van der Waals surface area (Å²) in [6.07, 6.45) is 0.560. The molecule has 2 amide bonds. The highest BCUT2D eigenvalue weighted by molar-refractivity contribution is 6.32. The molecule has 6 rings (SSSR count). The Bertz CT molecular complexity index is 2730. The van der Waals surface area contributed by atoms with Crippen LogP contribution in [0.1, 0.15) is 91.5 Å². The lowest BCUT2D eigenvalue weighted by atomic mass is 10.1. The quantitative estimate of drug-likeness (QED) is 0.0976. The maximum Gasteiger partial charge on any atom is 0.272 e. The summed E-state index contributed by atoms with van der Waals surface area (Å²) in [4.78, 5) is 36.5. The molecule has 0 aliphatic heterocycles. The van der Waals surface area contributed by atoms with Crippen molar-refractivity contribution in [3.63, 3.8) is 0 Å². The molecule has 0 aliphatic carbocycles. The minimum atomic E-state index is -3.02. The van der Waals surface area contributed by atoms with Gasteiger partial charge >= 0.3 is 0 Å². The van der Waals surface area contributed by atoms with Gasteiger partial charge in [-0.05, 0) is 69.2 Å². The number of amides is 2. The average Bonchev–Trinajstić information content (AvgIpc) is 4.05. The van der Waals surface area contributed by atoms with Crippen LogP contribution in [-0.4, -0.2) is 74.7 Å². The summed E-state index contributed by atoms with van der Waals surface area (Å²) >= 11 is 12.1. The second-order valence-corrected chi connectivity index (χ2v) is 13.0. The number of aliphatic hydroxyl groups is 1. The number of aromatic nitrogens is 8. The van der Waals surface area contributed by atoms with Crippen LogP contribution in [0, 0.1) is 22.7 Å². The molecule has 56 heavy (non-hydrogen) atoms. The molecule has 5 N–H and O–H groups in total. The van der Waals surface area contributed by atoms with Crippen molar-refractivity contribution in [2.24, 2.45) is 0 Å². The third-order valence-electron chi connectivity index (χ3n) is 7.85. The van der Waals surface area contributed by atoms with Crippen LogP contribution >= 0.6 is 23.2 Å². The van der Waals surface area contributed by atoms with Gasteiger partial charge in [-0.3, -0.25) is 33.9 Å². The average molecular weight is 803 g/mol. The topological polar surface area (TPSA) is 236 Å². The fourth-order valence-corrected chi connectivity index (χ4v) is 5.58. The van der Waals surface area contributed by atoms with Gasteiger partial charge in [0.15, 0.2) is 5.78 Å². The molecule has 6 aromatic rings. The van der Waals surface area contributed by atoms with Gasteiger partial charge in [0.2, 0.25) is 0 Å². The van der Waals surface area contributed by atoms with Crippen LogP contribution in [-0.2, 0) is 13.1 Å². The Kier molecular flexibility index (Phi) is 10.3. The number of hydrogen-bond donors (Lipinski definition) is 5. The lowest BCUT2D eigenvalue weighted by molar-refractivity contribution is 0.0922. The van der Waals surface area contributed by atoms with E-state index in [1.54, 1.807) is 84.1 Å². The van der Waals surface area contributed by atoms with Crippen molar-refractivity contribution in [2.75, 3.05) is 0 Å². The number of nitrogens with zero attached hydrogens (tertiary/aromatic N) is 8. The Morgan fingerprint density at radius 2 is 1.36 bits per heavy atom. The van der Waals surface area contributed by atoms with E-state index in [1.165, 1.54) is 0 Å². The molecule has 0 bridgehead atoms. The van der Waals surface area contributed by atoms with Crippen molar-refractivity contribution in [3.8, 4) is 34.7 Å². The molecule has 16 nitrogen and oxygen atoms in total. The van der Waals surface area contributed by atoms with Crippen molar-refractivity contribution in [1.82, 2.24) is 50.6 Å². The maximum atomic E-state index is 12.4. The molecule has 0 fully saturated rings. The molecule has 0 saturated heterocycles. The number of H-pyrrole nitrogens is 2. The summed E-state index contributed by atoms with van der Waals surface area (Å²) in [5.41, 5.74) is 2.64. The van der Waals surface area contributed by atoms with Gasteiger partial charge in [0, 0.05) is 50.7 Å². The number of hydrogen-bond acceptors (Lipinski definition) is 10. The summed E-state index contributed by atoms with van der Waals surface area (Å²) in [6.45, 7) is -1.66. The lowest BCUT2D eigenvalue weighted by Crippen LogP contribution is -2.36. The Balaban J connectivity index is 0.000000238. The molecule has 0 spiro atoms. The summed E-state index contributed by atoms with van der Waals surface area (Å²) in [5.74, 6) is -2.27. The standard InChI is InChI=1S/C19H19ClN6O2.C19H17ClN6O2/c2*1-11(22-19(28)18-8-17(12(2)27)23-24-18)10-26-6-5-16(25-26)13-3-4-14(9-21)15(20)7-13/h3-8,11-12,27H,10H2,1-2H3,(H,22,28)(H,23,24);3-8,11H,10H2,1-2H3,(H,22,28)(H,23,24)/t11-,12?;11-/m00/s1/i2D3,12D;2D3. The first kappa shape index (κ1) is 31.7. The van der Waals surface area contributed by atoms with Gasteiger partial charge in [-0.1, -0.05) is 35.3 Å². The molecule has 18 heteroatoms. The Morgan fingerprint density at radius 1 is 0.821 bits per heavy atom. The summed E-state index contributed by atoms with van der Waals surface area (Å²) in [6, 6.07) is 19.0. The summed E-state index contributed by atoms with van der Waals surface area (Å²) < 4.78 is 54.0. The Morgan fingerprint density at radius 3 is 1.86 bits per heavy atom. The molecule has 0 aliphatic rings. The maximum absolute atomic E-state index is 12.4. The minimum absolute atomic E-state index is 0.0205. The van der Waals surface area contributed by atoms with Gasteiger partial charge in [0.1, 0.15) is 29.2 Å². The monoisotopic (exact) mass is 801 g/mol. The highest BCUT2D eigenvalue weighted by atomic mass is 35.5. The SMILES string of the molecule is [2H]C([2H])([2H])C(=O)c1cc(C(=O)N[C@@H](C)Cn2ccc(-c3ccc(C#N)c(Cl)c3)n2)[nH]n1.[2H]C([2H])([2H])C([2H])(O)c1cc(C(=O)N[C@@H](C)Cn2ccc(-c3ccc(C#N)c(Cl)c3)n2)n[nH]1. The first-order valence-corrected chi connectivity index (χ1v) is 17.2. The predicted molar refractivity (Wildman–Crippen MR) is 206 cm³/mol. The van der Waals surface area contributed by atoms with Crippen LogP contribution < -0.4 is 10.6 Å². The number of aromatic amines is 2. The number of benzene rings is 2. The van der Waals surface area contributed by atoms with Crippen molar-refractivity contribution in [3.05, 3.63) is 117 Å². The first-order valence-electron chi connectivity index (χ1n) is 20.0. The van der Waals surface area contributed by atoms with Crippen LogP contribution in [0.4, 0.5) is 0 Å². The number of carbonyl (C=O) groups is 3. The first-order chi connectivity index (χ1) is 29.5. The number of nitrogens with one attached hydrogen (secondary N) is 4. The van der Waals surface area contributed by atoms with Crippen LogP contribution in [0.25, 0.3) is 22.5 Å². The third-order valence-corrected chi connectivity index (χ3v) is 8.47. The summed E-state index contributed by atoms with van der Waals surface area (Å²) in [5, 5.41) is 54.7. The highest BCUT2D eigenvalue weighted by Gasteiger charge is 2.17. The van der Waals surface area contributed by atoms with Crippen LogP contribution in [0.5, 0.6) is 0 Å². The van der Waals surface area contributed by atoms with Crippen molar-refractivity contribution < 1.29 is 29.1 Å². The molecule has 0 radical (unpaired) electrons. The number of Topliss-reactive ketones (excluding diaryl/α,β-unsaturated/α-hetero) is 1. The van der Waals surface area contributed by atoms with Crippen LogP contribution in [0.3, 0.4) is 0 Å². The molecular weight excluding hydrogens is 759 g/mol. The van der Waals surface area contributed by atoms with E-state index in [9.17, 15) is 19.5 Å². The zero-order valence-corrected chi connectivity index (χ0v) is 31.0. The molecule has 4 aromatic heterocycles. The van der Waals surface area contributed by atoms with E-state index in [4.69, 9.17) is 43.3 Å². The summed E-state index contributed by atoms with van der Waals surface area (Å²) in [7, 11) is 0. The van der Waals surface area contributed by atoms with Crippen molar-refractivity contribution in [1.29, 1.82) is 10.5 Å². The van der Waals surface area contributed by atoms with E-state index in [-0.39, 0.29) is 29.2 Å². The number of ketones is 1. The largest absolute Gasteiger partial charge is 0.387 e. The number of nitriles is 2. The molecule has 1 unspecified atom stereocenters. The Hall–Kier alpha value is -6.59. The fraction of sp³-hybridized carbons (Fsp3) is 0.237. The fourth-order valence-electron chi connectivity index (χ4n) is 5.13. The van der Waals surface area contributed by atoms with Gasteiger partial charge in [-0.25, -0.2) is 0 Å². The van der Waals surface area contributed by atoms with Crippen LogP contribution in [0.15, 0.2) is 73.1 Å². The van der Waals surface area contributed by atoms with E-state index in [0.29, 0.717) is 45.6 Å². The van der Waals surface area contributed by atoms with Crippen LogP contribution in [0.2, 0.25) is 10.0 Å². The van der Waals surface area contributed by atoms with E-state index < -0.39 is 43.1 Å². The lowest BCUT2D eigenvalue weighted by Gasteiger charge is -2.13. The van der Waals surface area contributed by atoms with Gasteiger partial charge in [-0.2, -0.15) is 30.9 Å². The van der Waals surface area contributed by atoms with Crippen molar-refractivity contribution >= 4 is 40.8 Å². The zero-order valence-electron chi connectivity index (χ0n) is 36.5. The molecule has 3 atom stereocenters. The Labute approximate surface area is 340 Å². The smallest absolute Gasteiger partial charge is 0.272 e. The van der Waals surface area contributed by atoms with E-state index in [1.807, 2.05) is 12.1 Å². The highest BCUT2D eigenvalue weighted by Crippen LogP contribution is 2.25. The van der Waals surface area contributed by atoms with Gasteiger partial charge < -0.3 is 15.7 Å². The van der Waals surface area contributed by atoms with E-state index in [0.717, 1.165) is 23.3 Å². The second-order valence-electron chi connectivity index (χ2n) is 12.2. The van der Waals surface area contributed by atoms with Gasteiger partial charge in [0.05, 0.1) is 58.8 Å². The van der Waals surface area contributed by atoms with Gasteiger partial charge in [-0.15, -0.1) is 0 Å². The van der Waals surface area contributed by atoms with E-state index in [2.05, 4.69) is 41.2 Å². The number of rotatable bonds is 12. The molecular formula is C38H36Cl2N12O4. The molecule has 2 aromatic carbocycles. The minimum Gasteiger partial charge on any atom is -0.387 e. The number of carbonyl (C=O) groups excluding carboxylic acids is 3. The molecule has 4 heterocycles. The number of halogens is 2. The predicted octanol–water partition coefficient (Wildman–Crippen LogP) is 5.49. The molecule has 0 saturated carbocycles. The second kappa shape index (κ2) is 18.2. The molecule has 286 valence electrons. The zero-order chi connectivity index (χ0) is 46.4. The third kappa shape index (κ3) is 10.3. The van der Waals surface area contributed by atoms with E-state index >= 15 is 0 Å². The van der Waals surface area contributed by atoms with Gasteiger partial charge in [0.25, 0.3) is 11.8 Å².